The van der Waals surface area contributed by atoms with Crippen molar-refractivity contribution in [1.29, 1.82) is 0 Å². The van der Waals surface area contributed by atoms with Gasteiger partial charge >= 0.3 is 5.97 Å². The minimum Gasteiger partial charge on any atom is -0.497 e. The van der Waals surface area contributed by atoms with Crippen molar-refractivity contribution in [3.05, 3.63) is 179 Å². The van der Waals surface area contributed by atoms with Gasteiger partial charge in [-0.15, -0.1) is 0 Å². The number of benzene rings is 5. The van der Waals surface area contributed by atoms with Crippen molar-refractivity contribution in [3.63, 3.8) is 0 Å². The summed E-state index contributed by atoms with van der Waals surface area (Å²) in [5.74, 6) is 0.0236. The Morgan fingerprint density at radius 1 is 0.566 bits per heavy atom. The number of rotatable bonds is 13. The smallest absolute Gasteiger partial charge is 0.338 e. The highest BCUT2D eigenvalue weighted by molar-refractivity contribution is 5.94. The predicted octanol–water partition coefficient (Wildman–Crippen LogP) is 8.24. The highest BCUT2D eigenvalue weighted by atomic mass is 16.6. The van der Waals surface area contributed by atoms with Gasteiger partial charge in [0.2, 0.25) is 0 Å². The lowest BCUT2D eigenvalue weighted by Gasteiger charge is -2.37. The van der Waals surface area contributed by atoms with Crippen molar-refractivity contribution in [2.45, 2.75) is 50.8 Å². The van der Waals surface area contributed by atoms with Crippen LogP contribution < -0.4 is 4.74 Å². The summed E-state index contributed by atoms with van der Waals surface area (Å²) in [7, 11) is 1.56. The molecule has 0 amide bonds. The maximum atomic E-state index is 13.9. The van der Waals surface area contributed by atoms with Gasteiger partial charge in [0.15, 0.2) is 0 Å². The maximum Gasteiger partial charge on any atom is 0.338 e. The van der Waals surface area contributed by atoms with Crippen LogP contribution in [0.5, 0.6) is 5.75 Å². The van der Waals surface area contributed by atoms with Gasteiger partial charge in [-0.2, -0.15) is 0 Å². The van der Waals surface area contributed by atoms with E-state index in [2.05, 4.69) is 0 Å². The van der Waals surface area contributed by atoms with Crippen molar-refractivity contribution in [3.8, 4) is 5.75 Å². The van der Waals surface area contributed by atoms with Gasteiger partial charge in [-0.25, -0.2) is 4.79 Å². The van der Waals surface area contributed by atoms with Crippen LogP contribution in [-0.4, -0.2) is 57.3 Å². The molecule has 1 heterocycles. The van der Waals surface area contributed by atoms with Crippen molar-refractivity contribution in [2.75, 3.05) is 26.9 Å². The molecule has 0 unspecified atom stereocenters. The third kappa shape index (κ3) is 11.4. The summed E-state index contributed by atoms with van der Waals surface area (Å²) in [5.41, 5.74) is 4.96. The average Bonchev–Trinajstić information content (AvgIpc) is 3.22. The van der Waals surface area contributed by atoms with Gasteiger partial charge in [-0.3, -0.25) is 0 Å². The van der Waals surface area contributed by atoms with Crippen molar-refractivity contribution < 1.29 is 38.0 Å². The highest BCUT2D eigenvalue weighted by Crippen LogP contribution is 2.26. The fraction of sp³-hybridized carbons (Fsp3) is 0.267. The van der Waals surface area contributed by atoms with Crippen LogP contribution in [0.2, 0.25) is 0 Å². The average molecular weight is 715 g/mol. The Labute approximate surface area is 311 Å². The van der Waals surface area contributed by atoms with E-state index in [1.54, 1.807) is 13.2 Å². The second-order valence-corrected chi connectivity index (χ2v) is 12.7. The fourth-order valence-electron chi connectivity index (χ4n) is 6.04. The lowest BCUT2D eigenvalue weighted by atomic mass is 10.0. The normalized spacial score (nSPS) is 20.1. The minimum atomic E-state index is -0.779. The van der Waals surface area contributed by atoms with Gasteiger partial charge in [0, 0.05) is 0 Å². The number of carbonyl (C=O) groups is 1. The summed E-state index contributed by atoms with van der Waals surface area (Å²) in [6.45, 7) is 1.44. The lowest BCUT2D eigenvalue weighted by molar-refractivity contribution is -0.204. The van der Waals surface area contributed by atoms with Crippen LogP contribution in [0.15, 0.2) is 146 Å². The molecule has 1 aliphatic heterocycles. The second-order valence-electron chi connectivity index (χ2n) is 12.7. The summed E-state index contributed by atoms with van der Waals surface area (Å²) >= 11 is 0. The lowest BCUT2D eigenvalue weighted by Crippen LogP contribution is -2.52. The molecule has 0 radical (unpaired) electrons. The Bertz CT molecular complexity index is 1830. The zero-order valence-corrected chi connectivity index (χ0v) is 30.0. The van der Waals surface area contributed by atoms with Crippen LogP contribution in [0.3, 0.4) is 0 Å². The molecule has 1 aliphatic rings. The molecule has 0 saturated heterocycles. The van der Waals surface area contributed by atoms with Gasteiger partial charge in [0.1, 0.15) is 36.8 Å². The zero-order valence-electron chi connectivity index (χ0n) is 30.0. The second kappa shape index (κ2) is 20.2. The van der Waals surface area contributed by atoms with E-state index in [1.807, 2.05) is 146 Å². The zero-order chi connectivity index (χ0) is 36.5. The molecule has 274 valence electrons. The summed E-state index contributed by atoms with van der Waals surface area (Å²) in [4.78, 5) is 13.9. The van der Waals surface area contributed by atoms with Gasteiger partial charge in [-0.1, -0.05) is 140 Å². The number of esters is 1. The largest absolute Gasteiger partial charge is 0.497 e. The van der Waals surface area contributed by atoms with E-state index >= 15 is 0 Å². The molecule has 5 aromatic carbocycles. The molecule has 0 N–H and O–H groups in total. The molecule has 0 saturated carbocycles. The van der Waals surface area contributed by atoms with Crippen LogP contribution >= 0.6 is 0 Å². The summed E-state index contributed by atoms with van der Waals surface area (Å²) in [6.07, 6.45) is 0.836. The number of carbonyl (C=O) groups excluding carboxylic acids is 1. The first kappa shape index (κ1) is 37.7. The Kier molecular flexibility index (Phi) is 14.4. The number of cyclic esters (lactones) is 1. The third-order valence-electron chi connectivity index (χ3n) is 8.89. The minimum absolute atomic E-state index is 0.122. The van der Waals surface area contributed by atoms with Crippen molar-refractivity contribution >= 4 is 12.0 Å². The summed E-state index contributed by atoms with van der Waals surface area (Å²) in [5, 5.41) is 0. The summed E-state index contributed by atoms with van der Waals surface area (Å²) in [6, 6.07) is 45.0. The number of hydrogen-bond acceptors (Lipinski definition) is 8. The number of methoxy groups -OCH3 is 1. The summed E-state index contributed by atoms with van der Waals surface area (Å²) < 4.78 is 44.9. The Hall–Kier alpha value is -5.09. The Morgan fingerprint density at radius 2 is 1.02 bits per heavy atom. The number of hydrogen-bond donors (Lipinski definition) is 0. The van der Waals surface area contributed by atoms with Crippen LogP contribution in [0, 0.1) is 0 Å². The number of fused-ring (bicyclic) bond motifs is 1. The molecule has 4 atom stereocenters. The van der Waals surface area contributed by atoms with E-state index in [9.17, 15) is 4.79 Å². The fourth-order valence-corrected chi connectivity index (χ4v) is 6.04. The molecule has 0 aromatic heterocycles. The van der Waals surface area contributed by atoms with E-state index in [0.717, 1.165) is 22.3 Å². The first-order chi connectivity index (χ1) is 26.2. The SMILES string of the molecule is COc1ccc2c(c1)C(=O)OC[C@@H](OCc1ccccc1)[C@@H](OCc1ccccc1)[C@H](OCc1ccccc1)[C@H](OCc1ccccc1)COC/C=C/2. The van der Waals surface area contributed by atoms with Crippen LogP contribution in [0.1, 0.15) is 38.2 Å². The third-order valence-corrected chi connectivity index (χ3v) is 8.89. The Balaban J connectivity index is 1.40. The maximum absolute atomic E-state index is 13.9. The van der Waals surface area contributed by atoms with Gasteiger partial charge in [0.25, 0.3) is 0 Å². The number of ether oxygens (including phenoxy) is 7. The molecule has 0 aliphatic carbocycles. The highest BCUT2D eigenvalue weighted by Gasteiger charge is 2.40. The molecule has 5 aromatic rings. The first-order valence-electron chi connectivity index (χ1n) is 17.9. The van der Waals surface area contributed by atoms with Crippen LogP contribution in [0.4, 0.5) is 0 Å². The van der Waals surface area contributed by atoms with Crippen molar-refractivity contribution in [2.24, 2.45) is 0 Å². The quantitative estimate of drug-likeness (QED) is 0.113. The van der Waals surface area contributed by atoms with Crippen molar-refractivity contribution in [1.82, 2.24) is 0 Å². The van der Waals surface area contributed by atoms with E-state index in [4.69, 9.17) is 33.2 Å². The van der Waals surface area contributed by atoms with Crippen LogP contribution in [-0.2, 0) is 54.8 Å². The topological polar surface area (TPSA) is 81.7 Å². The van der Waals surface area contributed by atoms with E-state index in [-0.39, 0.29) is 39.6 Å². The predicted molar refractivity (Wildman–Crippen MR) is 203 cm³/mol. The first-order valence-corrected chi connectivity index (χ1v) is 17.9. The molecule has 8 heteroatoms. The molecule has 0 spiro atoms. The van der Waals surface area contributed by atoms with E-state index in [1.165, 1.54) is 0 Å². The molecule has 0 bridgehead atoms. The van der Waals surface area contributed by atoms with Gasteiger partial charge < -0.3 is 33.2 Å². The van der Waals surface area contributed by atoms with Crippen LogP contribution in [0.25, 0.3) is 6.08 Å². The molecule has 0 fully saturated rings. The molecular weight excluding hydrogens is 668 g/mol. The van der Waals surface area contributed by atoms with Gasteiger partial charge in [-0.05, 0) is 39.9 Å². The van der Waals surface area contributed by atoms with Gasteiger partial charge in [0.05, 0.1) is 52.3 Å². The molecule has 6 rings (SSSR count). The monoisotopic (exact) mass is 714 g/mol. The van der Waals surface area contributed by atoms with E-state index in [0.29, 0.717) is 23.5 Å². The molecule has 53 heavy (non-hydrogen) atoms. The standard InChI is InChI=1S/C45H46O8/c1-47-39-25-24-38-23-14-26-48-32-41(49-28-34-15-6-2-7-16-34)43(51-30-36-19-10-4-11-20-36)44(52-31-37-21-12-5-13-22-37)42(33-53-45(46)40(38)27-39)50-29-35-17-8-3-9-18-35/h2-25,27,41-44H,26,28-33H2,1H3/b23-14+/t41-,42-,43-,44-/m1/s1. The Morgan fingerprint density at radius 3 is 1.49 bits per heavy atom. The van der Waals surface area contributed by atoms with E-state index < -0.39 is 30.4 Å². The molecule has 8 nitrogen and oxygen atoms in total. The molecular formula is C45H46O8.